The van der Waals surface area contributed by atoms with Gasteiger partial charge >= 0.3 is 0 Å². The van der Waals surface area contributed by atoms with E-state index >= 15 is 0 Å². The van der Waals surface area contributed by atoms with E-state index in [4.69, 9.17) is 0 Å². The first-order valence-electron chi connectivity index (χ1n) is 8.59. The van der Waals surface area contributed by atoms with Gasteiger partial charge in [-0.05, 0) is 37.5 Å². The first-order chi connectivity index (χ1) is 12.1. The van der Waals surface area contributed by atoms with Crippen LogP contribution in [0.4, 0.5) is 11.6 Å². The minimum absolute atomic E-state index is 0.0316. The summed E-state index contributed by atoms with van der Waals surface area (Å²) in [6.45, 7) is 5.10. The van der Waals surface area contributed by atoms with E-state index in [1.54, 1.807) is 19.4 Å². The second-order valence-electron chi connectivity index (χ2n) is 6.47. The normalized spacial score (nSPS) is 19.0. The Morgan fingerprint density at radius 2 is 1.84 bits per heavy atom. The highest BCUT2D eigenvalue weighted by molar-refractivity contribution is 5.73. The van der Waals surface area contributed by atoms with Crippen LogP contribution in [0.5, 0.6) is 0 Å². The molecule has 1 fully saturated rings. The van der Waals surface area contributed by atoms with Crippen LogP contribution in [0.15, 0.2) is 30.7 Å². The van der Waals surface area contributed by atoms with E-state index in [9.17, 15) is 4.79 Å². The van der Waals surface area contributed by atoms with Gasteiger partial charge in [0.15, 0.2) is 0 Å². The highest BCUT2D eigenvalue weighted by Crippen LogP contribution is 2.36. The maximum absolute atomic E-state index is 11.1. The topological polar surface area (TPSA) is 91.8 Å². The van der Waals surface area contributed by atoms with Crippen molar-refractivity contribution in [3.8, 4) is 0 Å². The fourth-order valence-electron chi connectivity index (χ4n) is 2.97. The smallest absolute Gasteiger partial charge is 0.217 e. The summed E-state index contributed by atoms with van der Waals surface area (Å²) in [4.78, 5) is 24.0. The van der Waals surface area contributed by atoms with Crippen LogP contribution in [0.2, 0.25) is 0 Å². The predicted octanol–water partition coefficient (Wildman–Crippen LogP) is 2.09. The largest absolute Gasteiger partial charge is 0.368 e. The van der Waals surface area contributed by atoms with Crippen molar-refractivity contribution < 1.29 is 4.79 Å². The van der Waals surface area contributed by atoms with E-state index < -0.39 is 0 Å². The number of pyridine rings is 1. The quantitative estimate of drug-likeness (QED) is 0.669. The predicted molar refractivity (Wildman–Crippen MR) is 97.6 cm³/mol. The minimum atomic E-state index is 0.0316. The van der Waals surface area contributed by atoms with Gasteiger partial charge < -0.3 is 16.0 Å². The Hall–Kier alpha value is -2.70. The maximum atomic E-state index is 11.1. The Labute approximate surface area is 147 Å². The first-order valence-corrected chi connectivity index (χ1v) is 8.59. The third-order valence-electron chi connectivity index (χ3n) is 4.30. The SMILES string of the molecule is CC(=O)NC1CC(c2cc(NCCNc3cc(C)ccn3)ncn2)C1. The molecule has 3 N–H and O–H groups in total. The summed E-state index contributed by atoms with van der Waals surface area (Å²) in [6, 6.07) is 6.27. The molecule has 0 bridgehead atoms. The lowest BCUT2D eigenvalue weighted by Crippen LogP contribution is -2.42. The second-order valence-corrected chi connectivity index (χ2v) is 6.47. The number of nitrogens with one attached hydrogen (secondary N) is 3. The number of hydrogen-bond acceptors (Lipinski definition) is 6. The summed E-state index contributed by atoms with van der Waals surface area (Å²) in [5, 5.41) is 9.53. The molecule has 0 atom stereocenters. The van der Waals surface area contributed by atoms with Gasteiger partial charge in [-0.3, -0.25) is 4.79 Å². The summed E-state index contributed by atoms with van der Waals surface area (Å²) in [6.07, 6.45) is 5.28. The number of hydrogen-bond donors (Lipinski definition) is 3. The molecular formula is C18H24N6O. The summed E-state index contributed by atoms with van der Waals surface area (Å²) in [7, 11) is 0. The van der Waals surface area contributed by atoms with Crippen LogP contribution in [0.25, 0.3) is 0 Å². The van der Waals surface area contributed by atoms with Crippen LogP contribution in [0.3, 0.4) is 0 Å². The third-order valence-corrected chi connectivity index (χ3v) is 4.30. The molecule has 2 heterocycles. The summed E-state index contributed by atoms with van der Waals surface area (Å²) < 4.78 is 0. The fraction of sp³-hybridized carbons (Fsp3) is 0.444. The van der Waals surface area contributed by atoms with Crippen molar-refractivity contribution in [1.29, 1.82) is 0 Å². The van der Waals surface area contributed by atoms with Crippen LogP contribution in [0.1, 0.15) is 36.9 Å². The molecular weight excluding hydrogens is 316 g/mol. The molecule has 2 aromatic rings. The van der Waals surface area contributed by atoms with Crippen LogP contribution < -0.4 is 16.0 Å². The Bertz CT molecular complexity index is 729. The lowest BCUT2D eigenvalue weighted by atomic mass is 9.78. The first kappa shape index (κ1) is 17.1. The Kier molecular flexibility index (Phi) is 5.42. The lowest BCUT2D eigenvalue weighted by molar-refractivity contribution is -0.120. The van der Waals surface area contributed by atoms with E-state index in [-0.39, 0.29) is 11.9 Å². The molecule has 132 valence electrons. The van der Waals surface area contributed by atoms with Gasteiger partial charge in [0, 0.05) is 49.9 Å². The van der Waals surface area contributed by atoms with Crippen molar-refractivity contribution in [2.45, 2.75) is 38.6 Å². The summed E-state index contributed by atoms with van der Waals surface area (Å²) in [5.74, 6) is 2.13. The molecule has 25 heavy (non-hydrogen) atoms. The van der Waals surface area contributed by atoms with E-state index in [2.05, 4.69) is 30.9 Å². The van der Waals surface area contributed by atoms with Crippen LogP contribution in [-0.4, -0.2) is 40.0 Å². The molecule has 0 aromatic carbocycles. The molecule has 0 saturated heterocycles. The molecule has 1 aliphatic carbocycles. The van der Waals surface area contributed by atoms with Gasteiger partial charge in [-0.1, -0.05) is 0 Å². The van der Waals surface area contributed by atoms with E-state index in [1.165, 1.54) is 5.56 Å². The monoisotopic (exact) mass is 340 g/mol. The molecule has 1 aliphatic rings. The van der Waals surface area contributed by atoms with Gasteiger partial charge in [-0.15, -0.1) is 0 Å². The van der Waals surface area contributed by atoms with Crippen molar-refractivity contribution in [1.82, 2.24) is 20.3 Å². The zero-order chi connectivity index (χ0) is 17.6. The Morgan fingerprint density at radius 3 is 2.52 bits per heavy atom. The van der Waals surface area contributed by atoms with Gasteiger partial charge in [0.05, 0.1) is 0 Å². The van der Waals surface area contributed by atoms with E-state index in [0.29, 0.717) is 5.92 Å². The maximum Gasteiger partial charge on any atom is 0.217 e. The molecule has 7 heteroatoms. The van der Waals surface area contributed by atoms with Gasteiger partial charge in [-0.2, -0.15) is 0 Å². The van der Waals surface area contributed by atoms with Gasteiger partial charge in [-0.25, -0.2) is 15.0 Å². The summed E-state index contributed by atoms with van der Waals surface area (Å²) >= 11 is 0. The zero-order valence-corrected chi connectivity index (χ0v) is 14.6. The highest BCUT2D eigenvalue weighted by atomic mass is 16.1. The van der Waals surface area contributed by atoms with Crippen molar-refractivity contribution in [2.75, 3.05) is 23.7 Å². The average Bonchev–Trinajstić information content (AvgIpc) is 2.55. The summed E-state index contributed by atoms with van der Waals surface area (Å²) in [5.41, 5.74) is 2.22. The standard InChI is InChI=1S/C18H24N6O/c1-12-3-4-19-17(7-12)20-5-6-21-18-10-16(22-11-23-18)14-8-15(9-14)24-13(2)25/h3-4,7,10-11,14-15H,5-6,8-9H2,1-2H3,(H,19,20)(H,24,25)(H,21,22,23). The van der Waals surface area contributed by atoms with Crippen molar-refractivity contribution in [3.63, 3.8) is 0 Å². The molecule has 2 aromatic heterocycles. The van der Waals surface area contributed by atoms with Crippen LogP contribution in [-0.2, 0) is 4.79 Å². The van der Waals surface area contributed by atoms with Gasteiger partial charge in [0.1, 0.15) is 18.0 Å². The minimum Gasteiger partial charge on any atom is -0.368 e. The number of amides is 1. The van der Waals surface area contributed by atoms with Gasteiger partial charge in [0.25, 0.3) is 0 Å². The van der Waals surface area contributed by atoms with E-state index in [0.717, 1.165) is 43.3 Å². The molecule has 1 saturated carbocycles. The number of anilines is 2. The van der Waals surface area contributed by atoms with Crippen LogP contribution in [0, 0.1) is 6.92 Å². The number of carbonyl (C=O) groups excluding carboxylic acids is 1. The Balaban J connectivity index is 1.44. The van der Waals surface area contributed by atoms with E-state index in [1.807, 2.05) is 25.1 Å². The molecule has 0 spiro atoms. The molecule has 0 aliphatic heterocycles. The van der Waals surface area contributed by atoms with Gasteiger partial charge in [0.2, 0.25) is 5.91 Å². The number of nitrogens with zero attached hydrogens (tertiary/aromatic N) is 3. The van der Waals surface area contributed by atoms with Crippen molar-refractivity contribution >= 4 is 17.5 Å². The average molecular weight is 340 g/mol. The number of aromatic nitrogens is 3. The second kappa shape index (κ2) is 7.92. The van der Waals surface area contributed by atoms with Crippen LogP contribution >= 0.6 is 0 Å². The Morgan fingerprint density at radius 1 is 1.12 bits per heavy atom. The number of aryl methyl sites for hydroxylation is 1. The molecule has 7 nitrogen and oxygen atoms in total. The third kappa shape index (κ3) is 4.89. The fourth-order valence-corrected chi connectivity index (χ4v) is 2.97. The molecule has 1 amide bonds. The molecule has 3 rings (SSSR count). The lowest BCUT2D eigenvalue weighted by Gasteiger charge is -2.35. The highest BCUT2D eigenvalue weighted by Gasteiger charge is 2.31. The number of carbonyl (C=O) groups is 1. The van der Waals surface area contributed by atoms with Crippen molar-refractivity contribution in [2.24, 2.45) is 0 Å². The molecule has 0 unspecified atom stereocenters. The van der Waals surface area contributed by atoms with Crippen molar-refractivity contribution in [3.05, 3.63) is 42.0 Å². The molecule has 0 radical (unpaired) electrons. The zero-order valence-electron chi connectivity index (χ0n) is 14.6. The number of rotatable bonds is 7.